The highest BCUT2D eigenvalue weighted by molar-refractivity contribution is 7.80. The van der Waals surface area contributed by atoms with Crippen molar-refractivity contribution < 1.29 is 4.79 Å². The molecular weight excluding hydrogens is 272 g/mol. The van der Waals surface area contributed by atoms with Gasteiger partial charge in [0.25, 0.3) is 0 Å². The molecule has 2 unspecified atom stereocenters. The molecule has 1 aromatic rings. The van der Waals surface area contributed by atoms with E-state index in [1.807, 2.05) is 12.1 Å². The molecule has 2 fully saturated rings. The average molecular weight is 290 g/mol. The van der Waals surface area contributed by atoms with Crippen molar-refractivity contribution in [1.82, 2.24) is 10.3 Å². The van der Waals surface area contributed by atoms with Crippen LogP contribution in [0.5, 0.6) is 0 Å². The van der Waals surface area contributed by atoms with E-state index in [1.54, 1.807) is 6.20 Å². The molecule has 0 aliphatic carbocycles. The van der Waals surface area contributed by atoms with Crippen LogP contribution in [-0.2, 0) is 4.79 Å². The SMILES string of the molecule is NC(=S)c1ccnc(N2CCC3NC(=O)CCC3C2)c1. The fraction of sp³-hybridized carbons (Fsp3) is 0.500. The van der Waals surface area contributed by atoms with E-state index < -0.39 is 0 Å². The number of nitrogens with two attached hydrogens (primary N) is 1. The molecule has 0 saturated carbocycles. The van der Waals surface area contributed by atoms with Crippen LogP contribution in [0.15, 0.2) is 18.3 Å². The molecule has 2 saturated heterocycles. The molecule has 2 aliphatic rings. The second-order valence-corrected chi connectivity index (χ2v) is 5.91. The lowest BCUT2D eigenvalue weighted by Crippen LogP contribution is -2.54. The molecule has 1 aromatic heterocycles. The maximum atomic E-state index is 11.4. The van der Waals surface area contributed by atoms with Gasteiger partial charge in [0.1, 0.15) is 10.8 Å². The van der Waals surface area contributed by atoms with Crippen LogP contribution < -0.4 is 16.0 Å². The first-order valence-corrected chi connectivity index (χ1v) is 7.34. The molecular formula is C14H18N4OS. The van der Waals surface area contributed by atoms with E-state index in [9.17, 15) is 4.79 Å². The van der Waals surface area contributed by atoms with Crippen LogP contribution >= 0.6 is 12.2 Å². The Morgan fingerprint density at radius 2 is 2.35 bits per heavy atom. The Kier molecular flexibility index (Phi) is 3.56. The number of carbonyl (C=O) groups excluding carboxylic acids is 1. The van der Waals surface area contributed by atoms with Gasteiger partial charge in [-0.2, -0.15) is 0 Å². The highest BCUT2D eigenvalue weighted by Crippen LogP contribution is 2.28. The number of rotatable bonds is 2. The minimum atomic E-state index is 0.188. The zero-order chi connectivity index (χ0) is 14.1. The van der Waals surface area contributed by atoms with E-state index in [4.69, 9.17) is 18.0 Å². The van der Waals surface area contributed by atoms with E-state index in [0.29, 0.717) is 23.4 Å². The van der Waals surface area contributed by atoms with Crippen molar-refractivity contribution in [2.45, 2.75) is 25.3 Å². The topological polar surface area (TPSA) is 71.2 Å². The summed E-state index contributed by atoms with van der Waals surface area (Å²) in [6.45, 7) is 1.83. The third kappa shape index (κ3) is 2.60. The summed E-state index contributed by atoms with van der Waals surface area (Å²) in [5.74, 6) is 1.62. The average Bonchev–Trinajstić information content (AvgIpc) is 2.47. The number of hydrogen-bond donors (Lipinski definition) is 2. The number of aromatic nitrogens is 1. The van der Waals surface area contributed by atoms with Gasteiger partial charge in [-0.25, -0.2) is 4.98 Å². The van der Waals surface area contributed by atoms with Crippen LogP contribution in [0.1, 0.15) is 24.8 Å². The lowest BCUT2D eigenvalue weighted by Gasteiger charge is -2.41. The van der Waals surface area contributed by atoms with Gasteiger partial charge in [0.2, 0.25) is 5.91 Å². The van der Waals surface area contributed by atoms with Crippen molar-refractivity contribution in [1.29, 1.82) is 0 Å². The molecule has 0 bridgehead atoms. The van der Waals surface area contributed by atoms with Crippen molar-refractivity contribution in [3.63, 3.8) is 0 Å². The van der Waals surface area contributed by atoms with Crippen LogP contribution in [0, 0.1) is 5.92 Å². The Morgan fingerprint density at radius 3 is 3.15 bits per heavy atom. The highest BCUT2D eigenvalue weighted by Gasteiger charge is 2.34. The number of carbonyl (C=O) groups is 1. The Bertz CT molecular complexity index is 548. The molecule has 3 N–H and O–H groups in total. The molecule has 2 atom stereocenters. The van der Waals surface area contributed by atoms with Crippen LogP contribution in [0.2, 0.25) is 0 Å². The van der Waals surface area contributed by atoms with E-state index in [2.05, 4.69) is 15.2 Å². The smallest absolute Gasteiger partial charge is 0.220 e. The molecule has 106 valence electrons. The van der Waals surface area contributed by atoms with Gasteiger partial charge in [0.15, 0.2) is 0 Å². The molecule has 0 radical (unpaired) electrons. The first-order valence-electron chi connectivity index (χ1n) is 6.93. The molecule has 1 amide bonds. The number of nitrogens with one attached hydrogen (secondary N) is 1. The van der Waals surface area contributed by atoms with Crippen molar-refractivity contribution in [2.24, 2.45) is 11.7 Å². The third-order valence-corrected chi connectivity index (χ3v) is 4.41. The number of anilines is 1. The zero-order valence-corrected chi connectivity index (χ0v) is 12.0. The van der Waals surface area contributed by atoms with Gasteiger partial charge in [-0.05, 0) is 30.9 Å². The monoisotopic (exact) mass is 290 g/mol. The Morgan fingerprint density at radius 1 is 1.50 bits per heavy atom. The normalized spacial score (nSPS) is 25.8. The largest absolute Gasteiger partial charge is 0.389 e. The number of pyridine rings is 1. The number of hydrogen-bond acceptors (Lipinski definition) is 4. The minimum Gasteiger partial charge on any atom is -0.389 e. The Hall–Kier alpha value is -1.69. The molecule has 5 nitrogen and oxygen atoms in total. The van der Waals surface area contributed by atoms with Crippen molar-refractivity contribution in [3.05, 3.63) is 23.9 Å². The molecule has 6 heteroatoms. The summed E-state index contributed by atoms with van der Waals surface area (Å²) in [5, 5.41) is 3.09. The molecule has 0 aromatic carbocycles. The van der Waals surface area contributed by atoms with Gasteiger partial charge in [0.05, 0.1) is 0 Å². The number of nitrogens with zero attached hydrogens (tertiary/aromatic N) is 2. The third-order valence-electron chi connectivity index (χ3n) is 4.18. The fourth-order valence-electron chi connectivity index (χ4n) is 3.06. The Labute approximate surface area is 123 Å². The molecule has 0 spiro atoms. The number of amides is 1. The van der Waals surface area contributed by atoms with Gasteiger partial charge in [-0.3, -0.25) is 4.79 Å². The van der Waals surface area contributed by atoms with Gasteiger partial charge >= 0.3 is 0 Å². The summed E-state index contributed by atoms with van der Waals surface area (Å²) in [5.41, 5.74) is 6.52. The summed E-state index contributed by atoms with van der Waals surface area (Å²) in [4.78, 5) is 18.5. The molecule has 3 rings (SSSR count). The van der Waals surface area contributed by atoms with Gasteiger partial charge in [-0.1, -0.05) is 12.2 Å². The summed E-state index contributed by atoms with van der Waals surface area (Å²) in [7, 11) is 0. The van der Waals surface area contributed by atoms with Crippen LogP contribution in [0.4, 0.5) is 5.82 Å². The standard InChI is InChI=1S/C14H18N4OS/c15-14(20)9-3-5-16-12(7-9)18-6-4-11-10(8-18)1-2-13(19)17-11/h3,5,7,10-11H,1-2,4,6,8H2,(H2,15,20)(H,17,19). The summed E-state index contributed by atoms with van der Waals surface area (Å²) < 4.78 is 0. The number of piperidine rings is 2. The van der Waals surface area contributed by atoms with E-state index in [0.717, 1.165) is 37.3 Å². The summed E-state index contributed by atoms with van der Waals surface area (Å²) in [6.07, 6.45) is 4.31. The van der Waals surface area contributed by atoms with Crippen molar-refractivity contribution >= 4 is 28.9 Å². The molecule has 3 heterocycles. The first-order chi connectivity index (χ1) is 9.63. The summed E-state index contributed by atoms with van der Waals surface area (Å²) in [6, 6.07) is 4.11. The maximum absolute atomic E-state index is 11.4. The number of thiocarbonyl (C=S) groups is 1. The van der Waals surface area contributed by atoms with Crippen molar-refractivity contribution in [3.8, 4) is 0 Å². The Balaban J connectivity index is 1.74. The quantitative estimate of drug-likeness (QED) is 0.789. The van der Waals surface area contributed by atoms with Gasteiger partial charge < -0.3 is 16.0 Å². The predicted octanol–water partition coefficient (Wildman–Crippen LogP) is 0.821. The minimum absolute atomic E-state index is 0.188. The van der Waals surface area contributed by atoms with E-state index in [1.165, 1.54) is 0 Å². The molecule has 2 aliphatic heterocycles. The first kappa shape index (κ1) is 13.3. The maximum Gasteiger partial charge on any atom is 0.220 e. The molecule has 20 heavy (non-hydrogen) atoms. The van der Waals surface area contributed by atoms with Crippen LogP contribution in [0.3, 0.4) is 0 Å². The van der Waals surface area contributed by atoms with Crippen LogP contribution in [-0.4, -0.2) is 35.0 Å². The van der Waals surface area contributed by atoms with E-state index in [-0.39, 0.29) is 5.91 Å². The highest BCUT2D eigenvalue weighted by atomic mass is 32.1. The fourth-order valence-corrected chi connectivity index (χ4v) is 3.19. The van der Waals surface area contributed by atoms with Crippen LogP contribution in [0.25, 0.3) is 0 Å². The van der Waals surface area contributed by atoms with Gasteiger partial charge in [-0.15, -0.1) is 0 Å². The predicted molar refractivity (Wildman–Crippen MR) is 81.6 cm³/mol. The van der Waals surface area contributed by atoms with Crippen molar-refractivity contribution in [2.75, 3.05) is 18.0 Å². The second-order valence-electron chi connectivity index (χ2n) is 5.47. The lowest BCUT2D eigenvalue weighted by molar-refractivity contribution is -0.124. The number of fused-ring (bicyclic) bond motifs is 1. The summed E-state index contributed by atoms with van der Waals surface area (Å²) >= 11 is 5.01. The second kappa shape index (κ2) is 5.36. The zero-order valence-electron chi connectivity index (χ0n) is 11.2. The lowest BCUT2D eigenvalue weighted by atomic mass is 9.85. The van der Waals surface area contributed by atoms with Gasteiger partial charge in [0, 0.05) is 37.3 Å². The van der Waals surface area contributed by atoms with E-state index >= 15 is 0 Å².